The number of ether oxygens (including phenoxy) is 1. The van der Waals surface area contributed by atoms with Gasteiger partial charge in [-0.25, -0.2) is 4.79 Å². The Labute approximate surface area is 76.2 Å². The maximum absolute atomic E-state index is 10.5. The predicted octanol–water partition coefficient (Wildman–Crippen LogP) is 1.24. The predicted molar refractivity (Wildman–Crippen MR) is 46.7 cm³/mol. The highest BCUT2D eigenvalue weighted by Gasteiger charge is 2.13. The molecule has 1 rings (SSSR count). The summed E-state index contributed by atoms with van der Waals surface area (Å²) in [7, 11) is 0. The molecule has 1 atom stereocenters. The summed E-state index contributed by atoms with van der Waals surface area (Å²) in [6.45, 7) is 3.25. The zero-order valence-corrected chi connectivity index (χ0v) is 7.52. The molecule has 1 heterocycles. The molecule has 4 heteroatoms. The van der Waals surface area contributed by atoms with E-state index in [2.05, 4.69) is 4.98 Å². The first kappa shape index (κ1) is 9.51. The third kappa shape index (κ3) is 2.43. The van der Waals surface area contributed by atoms with E-state index in [1.54, 1.807) is 25.3 Å². The van der Waals surface area contributed by atoms with E-state index in [4.69, 9.17) is 9.84 Å². The van der Waals surface area contributed by atoms with Crippen LogP contribution in [0.4, 0.5) is 0 Å². The second kappa shape index (κ2) is 3.89. The van der Waals surface area contributed by atoms with Crippen LogP contribution in [0.2, 0.25) is 0 Å². The van der Waals surface area contributed by atoms with Gasteiger partial charge in [-0.15, -0.1) is 0 Å². The number of carboxylic acids is 1. The Morgan fingerprint density at radius 1 is 1.69 bits per heavy atom. The molecule has 0 bridgehead atoms. The van der Waals surface area contributed by atoms with E-state index in [0.29, 0.717) is 11.4 Å². The van der Waals surface area contributed by atoms with Crippen molar-refractivity contribution in [2.45, 2.75) is 20.0 Å². The molecule has 4 nitrogen and oxygen atoms in total. The molecule has 0 spiro atoms. The first-order valence-electron chi connectivity index (χ1n) is 3.92. The van der Waals surface area contributed by atoms with Crippen LogP contribution in [-0.4, -0.2) is 22.2 Å². The molecule has 0 radical (unpaired) electrons. The van der Waals surface area contributed by atoms with E-state index in [-0.39, 0.29) is 0 Å². The topological polar surface area (TPSA) is 59.4 Å². The summed E-state index contributed by atoms with van der Waals surface area (Å²) >= 11 is 0. The number of rotatable bonds is 3. The highest BCUT2D eigenvalue weighted by molar-refractivity contribution is 5.72. The number of aryl methyl sites for hydroxylation is 1. The van der Waals surface area contributed by atoms with E-state index in [1.165, 1.54) is 6.92 Å². The van der Waals surface area contributed by atoms with E-state index >= 15 is 0 Å². The Bertz CT molecular complexity index is 311. The van der Waals surface area contributed by atoms with Crippen molar-refractivity contribution < 1.29 is 14.6 Å². The summed E-state index contributed by atoms with van der Waals surface area (Å²) in [4.78, 5) is 14.4. The van der Waals surface area contributed by atoms with Crippen molar-refractivity contribution in [2.75, 3.05) is 0 Å². The number of hydrogen-bond acceptors (Lipinski definition) is 3. The van der Waals surface area contributed by atoms with Gasteiger partial charge >= 0.3 is 5.97 Å². The minimum Gasteiger partial charge on any atom is -0.479 e. The van der Waals surface area contributed by atoms with Crippen molar-refractivity contribution in [3.8, 4) is 5.75 Å². The molecule has 13 heavy (non-hydrogen) atoms. The zero-order valence-electron chi connectivity index (χ0n) is 7.52. The second-order valence-corrected chi connectivity index (χ2v) is 2.69. The maximum atomic E-state index is 10.5. The lowest BCUT2D eigenvalue weighted by molar-refractivity contribution is -0.144. The summed E-state index contributed by atoms with van der Waals surface area (Å²) < 4.78 is 5.14. The van der Waals surface area contributed by atoms with Crippen molar-refractivity contribution in [3.05, 3.63) is 24.0 Å². The molecule has 1 aromatic rings. The van der Waals surface area contributed by atoms with Gasteiger partial charge in [-0.2, -0.15) is 0 Å². The van der Waals surface area contributed by atoms with Gasteiger partial charge in [0.05, 0.1) is 5.69 Å². The van der Waals surface area contributed by atoms with Crippen molar-refractivity contribution in [1.82, 2.24) is 4.98 Å². The van der Waals surface area contributed by atoms with Gasteiger partial charge in [0, 0.05) is 6.20 Å². The fourth-order valence-corrected chi connectivity index (χ4v) is 0.835. The number of aromatic nitrogens is 1. The van der Waals surface area contributed by atoms with Crippen molar-refractivity contribution in [2.24, 2.45) is 0 Å². The minimum atomic E-state index is -0.983. The van der Waals surface area contributed by atoms with Crippen LogP contribution in [-0.2, 0) is 4.79 Å². The number of aliphatic carboxylic acids is 1. The quantitative estimate of drug-likeness (QED) is 0.762. The monoisotopic (exact) mass is 181 g/mol. The lowest BCUT2D eigenvalue weighted by Gasteiger charge is -2.11. The largest absolute Gasteiger partial charge is 0.479 e. The van der Waals surface area contributed by atoms with E-state index in [1.807, 2.05) is 0 Å². The molecule has 0 aromatic carbocycles. The average Bonchev–Trinajstić information content (AvgIpc) is 2.08. The van der Waals surface area contributed by atoms with Crippen LogP contribution >= 0.6 is 0 Å². The number of pyridine rings is 1. The SMILES string of the molecule is Cc1ncccc1O[C@@H](C)C(=O)O. The molecule has 0 amide bonds. The van der Waals surface area contributed by atoms with Crippen LogP contribution in [0.3, 0.4) is 0 Å². The Hall–Kier alpha value is -1.58. The molecule has 0 unspecified atom stereocenters. The third-order valence-corrected chi connectivity index (χ3v) is 1.61. The number of hydrogen-bond donors (Lipinski definition) is 1. The summed E-state index contributed by atoms with van der Waals surface area (Å²) in [5.74, 6) is -0.472. The molecule has 0 saturated heterocycles. The summed E-state index contributed by atoms with van der Waals surface area (Å²) in [5.41, 5.74) is 0.690. The maximum Gasteiger partial charge on any atom is 0.344 e. The lowest BCUT2D eigenvalue weighted by atomic mass is 10.3. The summed E-state index contributed by atoms with van der Waals surface area (Å²) in [5, 5.41) is 8.59. The normalized spacial score (nSPS) is 12.2. The molecule has 0 aliphatic heterocycles. The van der Waals surface area contributed by atoms with Crippen molar-refractivity contribution in [1.29, 1.82) is 0 Å². The van der Waals surface area contributed by atoms with Crippen LogP contribution in [0.5, 0.6) is 5.75 Å². The summed E-state index contributed by atoms with van der Waals surface area (Å²) in [6.07, 6.45) is 0.788. The molecular weight excluding hydrogens is 170 g/mol. The van der Waals surface area contributed by atoms with Crippen molar-refractivity contribution >= 4 is 5.97 Å². The van der Waals surface area contributed by atoms with Gasteiger partial charge in [0.2, 0.25) is 0 Å². The van der Waals surface area contributed by atoms with Crippen LogP contribution in [0.15, 0.2) is 18.3 Å². The smallest absolute Gasteiger partial charge is 0.344 e. The fourth-order valence-electron chi connectivity index (χ4n) is 0.835. The van der Waals surface area contributed by atoms with Crippen LogP contribution in [0.1, 0.15) is 12.6 Å². The Balaban J connectivity index is 2.74. The van der Waals surface area contributed by atoms with Gasteiger partial charge in [0.25, 0.3) is 0 Å². The fraction of sp³-hybridized carbons (Fsp3) is 0.333. The number of carboxylic acid groups (broad SMARTS) is 1. The van der Waals surface area contributed by atoms with Crippen LogP contribution < -0.4 is 4.74 Å². The van der Waals surface area contributed by atoms with Crippen LogP contribution in [0.25, 0.3) is 0 Å². The first-order chi connectivity index (χ1) is 6.11. The van der Waals surface area contributed by atoms with Gasteiger partial charge in [0.1, 0.15) is 5.75 Å². The van der Waals surface area contributed by atoms with Gasteiger partial charge in [-0.3, -0.25) is 4.98 Å². The second-order valence-electron chi connectivity index (χ2n) is 2.69. The van der Waals surface area contributed by atoms with Gasteiger partial charge in [0.15, 0.2) is 6.10 Å². The third-order valence-electron chi connectivity index (χ3n) is 1.61. The molecular formula is C9H11NO3. The van der Waals surface area contributed by atoms with E-state index in [0.717, 1.165) is 0 Å². The Morgan fingerprint density at radius 3 is 2.92 bits per heavy atom. The van der Waals surface area contributed by atoms with Gasteiger partial charge in [-0.05, 0) is 26.0 Å². The molecule has 0 aliphatic carbocycles. The lowest BCUT2D eigenvalue weighted by Crippen LogP contribution is -2.23. The van der Waals surface area contributed by atoms with E-state index in [9.17, 15) is 4.79 Å². The number of carbonyl (C=O) groups is 1. The molecule has 0 saturated carbocycles. The van der Waals surface area contributed by atoms with Crippen molar-refractivity contribution in [3.63, 3.8) is 0 Å². The van der Waals surface area contributed by atoms with Gasteiger partial charge < -0.3 is 9.84 Å². The Morgan fingerprint density at radius 2 is 2.38 bits per heavy atom. The highest BCUT2D eigenvalue weighted by atomic mass is 16.5. The minimum absolute atomic E-state index is 0.511. The first-order valence-corrected chi connectivity index (χ1v) is 3.92. The molecule has 70 valence electrons. The standard InChI is InChI=1S/C9H11NO3/c1-6-8(4-3-5-10-6)13-7(2)9(11)12/h3-5,7H,1-2H3,(H,11,12)/t7-/m0/s1. The molecule has 1 aromatic heterocycles. The highest BCUT2D eigenvalue weighted by Crippen LogP contribution is 2.15. The van der Waals surface area contributed by atoms with Gasteiger partial charge in [-0.1, -0.05) is 0 Å². The summed E-state index contributed by atoms with van der Waals surface area (Å²) in [6, 6.07) is 3.40. The zero-order chi connectivity index (χ0) is 9.84. The van der Waals surface area contributed by atoms with Crippen LogP contribution in [0, 0.1) is 6.92 Å². The molecule has 0 fully saturated rings. The molecule has 0 aliphatic rings. The molecule has 1 N–H and O–H groups in total. The Kier molecular flexibility index (Phi) is 2.84. The van der Waals surface area contributed by atoms with E-state index < -0.39 is 12.1 Å². The average molecular weight is 181 g/mol. The number of nitrogens with zero attached hydrogens (tertiary/aromatic N) is 1.